The van der Waals surface area contributed by atoms with Gasteiger partial charge in [0.1, 0.15) is 0 Å². The van der Waals surface area contributed by atoms with E-state index in [9.17, 15) is 0 Å². The number of nitrogens with one attached hydrogen (secondary N) is 1. The summed E-state index contributed by atoms with van der Waals surface area (Å²) in [6, 6.07) is 0.710. The van der Waals surface area contributed by atoms with Gasteiger partial charge in [-0.15, -0.1) is 0 Å². The first-order chi connectivity index (χ1) is 8.15. The molecule has 2 heteroatoms. The number of hydrogen-bond donors (Lipinski definition) is 1. The van der Waals surface area contributed by atoms with Crippen molar-refractivity contribution in [3.8, 4) is 0 Å². The topological polar surface area (TPSA) is 21.3 Å². The molecule has 1 saturated heterocycles. The smallest absolute Gasteiger partial charge is 0.0685 e. The zero-order valence-corrected chi connectivity index (χ0v) is 11.8. The van der Waals surface area contributed by atoms with Crippen LogP contribution in [-0.4, -0.2) is 24.8 Å². The molecule has 2 aliphatic rings. The van der Waals surface area contributed by atoms with Gasteiger partial charge in [-0.3, -0.25) is 0 Å². The van der Waals surface area contributed by atoms with Crippen molar-refractivity contribution in [1.82, 2.24) is 5.32 Å². The molecule has 0 aromatic carbocycles. The summed E-state index contributed by atoms with van der Waals surface area (Å²) in [5, 5.41) is 3.71. The van der Waals surface area contributed by atoms with Crippen LogP contribution in [0.1, 0.15) is 59.3 Å². The molecule has 0 aromatic rings. The maximum absolute atomic E-state index is 6.04. The van der Waals surface area contributed by atoms with Crippen molar-refractivity contribution < 1.29 is 4.74 Å². The van der Waals surface area contributed by atoms with Gasteiger partial charge in [0.15, 0.2) is 0 Å². The number of ether oxygens (including phenoxy) is 1. The van der Waals surface area contributed by atoms with Crippen LogP contribution in [0.4, 0.5) is 0 Å². The minimum Gasteiger partial charge on any atom is -0.375 e. The van der Waals surface area contributed by atoms with Crippen molar-refractivity contribution in [2.24, 2.45) is 11.8 Å². The molecule has 0 amide bonds. The molecule has 2 nitrogen and oxygen atoms in total. The van der Waals surface area contributed by atoms with Crippen LogP contribution in [-0.2, 0) is 4.74 Å². The van der Waals surface area contributed by atoms with Gasteiger partial charge in [0.25, 0.3) is 0 Å². The lowest BCUT2D eigenvalue weighted by atomic mass is 9.69. The van der Waals surface area contributed by atoms with E-state index >= 15 is 0 Å². The van der Waals surface area contributed by atoms with Gasteiger partial charge in [-0.1, -0.05) is 20.8 Å². The summed E-state index contributed by atoms with van der Waals surface area (Å²) in [4.78, 5) is 0. The number of hydrogen-bond acceptors (Lipinski definition) is 2. The molecule has 0 bridgehead atoms. The Morgan fingerprint density at radius 2 is 2.12 bits per heavy atom. The summed E-state index contributed by atoms with van der Waals surface area (Å²) in [6.45, 7) is 8.99. The second-order valence-electron chi connectivity index (χ2n) is 6.43. The quantitative estimate of drug-likeness (QED) is 0.794. The van der Waals surface area contributed by atoms with Crippen LogP contribution < -0.4 is 5.32 Å². The van der Waals surface area contributed by atoms with Crippen molar-refractivity contribution in [2.45, 2.75) is 70.9 Å². The highest BCUT2D eigenvalue weighted by Gasteiger charge is 2.44. The molecule has 2 rings (SSSR count). The third kappa shape index (κ3) is 3.23. The minimum absolute atomic E-state index is 0.299. The van der Waals surface area contributed by atoms with E-state index < -0.39 is 0 Å². The summed E-state index contributed by atoms with van der Waals surface area (Å²) in [5.74, 6) is 1.63. The lowest BCUT2D eigenvalue weighted by molar-refractivity contribution is -0.147. The van der Waals surface area contributed by atoms with Gasteiger partial charge in [0, 0.05) is 12.6 Å². The second kappa shape index (κ2) is 5.71. The molecule has 0 aromatic heterocycles. The standard InChI is InChI=1S/C15H29NO/c1-4-16-14(10-12(2)3)13-6-9-17-15(11-13)7-5-8-15/h12-14,16H,4-11H2,1-3H3. The molecule has 1 saturated carbocycles. The van der Waals surface area contributed by atoms with E-state index in [0.717, 1.165) is 25.0 Å². The van der Waals surface area contributed by atoms with E-state index in [2.05, 4.69) is 26.1 Å². The van der Waals surface area contributed by atoms with E-state index in [4.69, 9.17) is 4.74 Å². The van der Waals surface area contributed by atoms with Crippen molar-refractivity contribution in [1.29, 1.82) is 0 Å². The van der Waals surface area contributed by atoms with Gasteiger partial charge in [-0.05, 0) is 56.9 Å². The van der Waals surface area contributed by atoms with Gasteiger partial charge in [-0.2, -0.15) is 0 Å². The average Bonchev–Trinajstić information content (AvgIpc) is 2.26. The molecule has 1 aliphatic heterocycles. The minimum atomic E-state index is 0.299. The molecule has 1 spiro atoms. The molecule has 0 radical (unpaired) electrons. The van der Waals surface area contributed by atoms with E-state index in [1.165, 1.54) is 38.5 Å². The molecule has 1 heterocycles. The Hall–Kier alpha value is -0.0800. The van der Waals surface area contributed by atoms with Crippen LogP contribution in [0.3, 0.4) is 0 Å². The number of rotatable bonds is 5. The molecule has 2 unspecified atom stereocenters. The summed E-state index contributed by atoms with van der Waals surface area (Å²) >= 11 is 0. The van der Waals surface area contributed by atoms with E-state index in [-0.39, 0.29) is 0 Å². The Bertz CT molecular complexity index is 235. The van der Waals surface area contributed by atoms with Gasteiger partial charge >= 0.3 is 0 Å². The first kappa shape index (κ1) is 13.4. The van der Waals surface area contributed by atoms with Crippen molar-refractivity contribution in [3.63, 3.8) is 0 Å². The van der Waals surface area contributed by atoms with Crippen molar-refractivity contribution in [2.75, 3.05) is 13.2 Å². The maximum Gasteiger partial charge on any atom is 0.0685 e. The van der Waals surface area contributed by atoms with E-state index in [1.807, 2.05) is 0 Å². The molecule has 1 N–H and O–H groups in total. The Balaban J connectivity index is 1.92. The third-order valence-electron chi connectivity index (χ3n) is 4.56. The highest BCUT2D eigenvalue weighted by atomic mass is 16.5. The fourth-order valence-corrected chi connectivity index (χ4v) is 3.54. The van der Waals surface area contributed by atoms with Crippen LogP contribution >= 0.6 is 0 Å². The fourth-order valence-electron chi connectivity index (χ4n) is 3.54. The van der Waals surface area contributed by atoms with Crippen LogP contribution in [0, 0.1) is 11.8 Å². The van der Waals surface area contributed by atoms with E-state index in [0.29, 0.717) is 11.6 Å². The van der Waals surface area contributed by atoms with Gasteiger partial charge in [0.05, 0.1) is 5.60 Å². The summed E-state index contributed by atoms with van der Waals surface area (Å²) < 4.78 is 6.04. The highest BCUT2D eigenvalue weighted by molar-refractivity contribution is 4.96. The van der Waals surface area contributed by atoms with Crippen LogP contribution in [0.5, 0.6) is 0 Å². The Morgan fingerprint density at radius 3 is 2.65 bits per heavy atom. The molecule has 1 aliphatic carbocycles. The summed E-state index contributed by atoms with van der Waals surface area (Å²) in [5.41, 5.74) is 0.299. The Morgan fingerprint density at radius 1 is 1.35 bits per heavy atom. The first-order valence-electron chi connectivity index (χ1n) is 7.52. The third-order valence-corrected chi connectivity index (χ3v) is 4.56. The SMILES string of the molecule is CCNC(CC(C)C)C1CCOC2(CCC2)C1. The molecule has 100 valence electrons. The Labute approximate surface area is 107 Å². The summed E-state index contributed by atoms with van der Waals surface area (Å²) in [7, 11) is 0. The van der Waals surface area contributed by atoms with Crippen molar-refractivity contribution >= 4 is 0 Å². The van der Waals surface area contributed by atoms with Crippen molar-refractivity contribution in [3.05, 3.63) is 0 Å². The zero-order valence-electron chi connectivity index (χ0n) is 11.8. The highest BCUT2D eigenvalue weighted by Crippen LogP contribution is 2.45. The Kier molecular flexibility index (Phi) is 4.48. The normalized spacial score (nSPS) is 29.3. The monoisotopic (exact) mass is 239 g/mol. The fraction of sp³-hybridized carbons (Fsp3) is 1.00. The zero-order chi connectivity index (χ0) is 12.3. The van der Waals surface area contributed by atoms with E-state index in [1.54, 1.807) is 0 Å². The lowest BCUT2D eigenvalue weighted by Gasteiger charge is -2.49. The predicted octanol–water partition coefficient (Wildman–Crippen LogP) is 3.36. The largest absolute Gasteiger partial charge is 0.375 e. The average molecular weight is 239 g/mol. The lowest BCUT2D eigenvalue weighted by Crippen LogP contribution is -2.50. The molecule has 2 fully saturated rings. The van der Waals surface area contributed by atoms with Crippen LogP contribution in [0.25, 0.3) is 0 Å². The van der Waals surface area contributed by atoms with Gasteiger partial charge < -0.3 is 10.1 Å². The van der Waals surface area contributed by atoms with Gasteiger partial charge in [-0.25, -0.2) is 0 Å². The maximum atomic E-state index is 6.04. The van der Waals surface area contributed by atoms with Crippen LogP contribution in [0.15, 0.2) is 0 Å². The summed E-state index contributed by atoms with van der Waals surface area (Å²) in [6.07, 6.45) is 7.87. The second-order valence-corrected chi connectivity index (χ2v) is 6.43. The van der Waals surface area contributed by atoms with Gasteiger partial charge in [0.2, 0.25) is 0 Å². The predicted molar refractivity (Wildman–Crippen MR) is 72.2 cm³/mol. The molecule has 17 heavy (non-hydrogen) atoms. The molecule has 2 atom stereocenters. The first-order valence-corrected chi connectivity index (χ1v) is 7.52. The molecular formula is C15H29NO. The molecular weight excluding hydrogens is 210 g/mol. The van der Waals surface area contributed by atoms with Crippen LogP contribution in [0.2, 0.25) is 0 Å².